The maximum absolute atomic E-state index is 2.68. The van der Waals surface area contributed by atoms with Crippen molar-refractivity contribution in [2.45, 2.75) is 25.7 Å². The summed E-state index contributed by atoms with van der Waals surface area (Å²) in [4.78, 5) is 2.68. The molecule has 0 radical (unpaired) electrons. The van der Waals surface area contributed by atoms with Crippen molar-refractivity contribution in [2.24, 2.45) is 11.8 Å². The van der Waals surface area contributed by atoms with E-state index in [9.17, 15) is 0 Å². The van der Waals surface area contributed by atoms with Gasteiger partial charge in [-0.1, -0.05) is 73.2 Å². The van der Waals surface area contributed by atoms with Crippen LogP contribution in [-0.4, -0.2) is 24.5 Å². The summed E-state index contributed by atoms with van der Waals surface area (Å²) in [7, 11) is 0. The lowest BCUT2D eigenvalue weighted by molar-refractivity contribution is 0.260. The number of benzene rings is 2. The Kier molecular flexibility index (Phi) is 4.80. The highest BCUT2D eigenvalue weighted by Crippen LogP contribution is 2.36. The number of rotatable bonds is 4. The van der Waals surface area contributed by atoms with Crippen molar-refractivity contribution >= 4 is 5.57 Å². The zero-order valence-electron chi connectivity index (χ0n) is 14.4. The second-order valence-corrected chi connectivity index (χ2v) is 7.44. The van der Waals surface area contributed by atoms with Gasteiger partial charge >= 0.3 is 0 Å². The van der Waals surface area contributed by atoms with Gasteiger partial charge in [-0.15, -0.1) is 0 Å². The summed E-state index contributed by atoms with van der Waals surface area (Å²) < 4.78 is 0. The molecule has 0 amide bonds. The van der Waals surface area contributed by atoms with E-state index in [4.69, 9.17) is 0 Å². The quantitative estimate of drug-likeness (QED) is 0.745. The number of fused-ring (bicyclic) bond motifs is 2. The van der Waals surface area contributed by atoms with Crippen molar-refractivity contribution in [2.75, 3.05) is 19.6 Å². The van der Waals surface area contributed by atoms with E-state index in [2.05, 4.69) is 71.6 Å². The van der Waals surface area contributed by atoms with Crippen molar-refractivity contribution in [1.29, 1.82) is 0 Å². The molecule has 1 heteroatoms. The van der Waals surface area contributed by atoms with Crippen LogP contribution in [0.4, 0.5) is 0 Å². The Labute approximate surface area is 146 Å². The molecule has 2 bridgehead atoms. The van der Waals surface area contributed by atoms with Crippen molar-refractivity contribution < 1.29 is 0 Å². The van der Waals surface area contributed by atoms with Gasteiger partial charge in [0.1, 0.15) is 0 Å². The SMILES string of the molecule is C(CN1CC[C@@H]2CC[C@@H](C2)C1)=C(c1ccccc1)c1ccccc1. The highest BCUT2D eigenvalue weighted by molar-refractivity contribution is 5.79. The predicted molar refractivity (Wildman–Crippen MR) is 102 cm³/mol. The lowest BCUT2D eigenvalue weighted by atomic mass is 9.97. The highest BCUT2D eigenvalue weighted by Gasteiger charge is 2.29. The van der Waals surface area contributed by atoms with Crippen LogP contribution in [0.2, 0.25) is 0 Å². The topological polar surface area (TPSA) is 3.24 Å². The molecule has 1 saturated carbocycles. The summed E-state index contributed by atoms with van der Waals surface area (Å²) >= 11 is 0. The van der Waals surface area contributed by atoms with E-state index >= 15 is 0 Å². The van der Waals surface area contributed by atoms with E-state index in [0.717, 1.165) is 18.4 Å². The monoisotopic (exact) mass is 317 g/mol. The molecular formula is C23H27N. The summed E-state index contributed by atoms with van der Waals surface area (Å²) in [5.41, 5.74) is 4.01. The fourth-order valence-corrected chi connectivity index (χ4v) is 4.45. The smallest absolute Gasteiger partial charge is 0.0172 e. The third-order valence-electron chi connectivity index (χ3n) is 5.74. The molecule has 2 atom stereocenters. The van der Waals surface area contributed by atoms with Gasteiger partial charge < -0.3 is 0 Å². The van der Waals surface area contributed by atoms with Crippen molar-refractivity contribution in [3.05, 3.63) is 77.9 Å². The zero-order valence-corrected chi connectivity index (χ0v) is 14.4. The number of nitrogens with zero attached hydrogens (tertiary/aromatic N) is 1. The molecule has 1 aliphatic carbocycles. The summed E-state index contributed by atoms with van der Waals surface area (Å²) in [6.07, 6.45) is 8.26. The molecular weight excluding hydrogens is 290 g/mol. The van der Waals surface area contributed by atoms with Crippen LogP contribution in [-0.2, 0) is 0 Å². The summed E-state index contributed by atoms with van der Waals surface area (Å²) in [6.45, 7) is 3.64. The molecule has 0 unspecified atom stereocenters. The molecule has 2 aromatic carbocycles. The molecule has 0 N–H and O–H groups in total. The van der Waals surface area contributed by atoms with E-state index in [1.165, 1.54) is 55.5 Å². The minimum atomic E-state index is 0.947. The standard InChI is InChI=1S/C23H27N/c1-3-7-21(8-4-1)23(22-9-5-2-6-10-22)14-16-24-15-13-19-11-12-20(17-19)18-24/h1-10,14,19-20H,11-13,15-18H2/t19-,20-/m0/s1. The van der Waals surface area contributed by atoms with E-state index in [1.807, 2.05) is 0 Å². The van der Waals surface area contributed by atoms with Crippen LogP contribution in [0.1, 0.15) is 36.8 Å². The Morgan fingerprint density at radius 3 is 2.12 bits per heavy atom. The number of likely N-dealkylation sites (tertiary alicyclic amines) is 1. The summed E-state index contributed by atoms with van der Waals surface area (Å²) in [5, 5.41) is 0. The Bertz CT molecular complexity index is 632. The van der Waals surface area contributed by atoms with Gasteiger partial charge in [0.25, 0.3) is 0 Å². The predicted octanol–water partition coefficient (Wildman–Crippen LogP) is 5.24. The minimum Gasteiger partial charge on any atom is -0.299 e. The first-order chi connectivity index (χ1) is 11.9. The van der Waals surface area contributed by atoms with Gasteiger partial charge in [0.2, 0.25) is 0 Å². The second-order valence-electron chi connectivity index (χ2n) is 7.44. The van der Waals surface area contributed by atoms with Gasteiger partial charge in [0, 0.05) is 13.1 Å². The van der Waals surface area contributed by atoms with E-state index < -0.39 is 0 Å². The molecule has 0 spiro atoms. The molecule has 124 valence electrons. The van der Waals surface area contributed by atoms with Gasteiger partial charge in [-0.2, -0.15) is 0 Å². The summed E-state index contributed by atoms with van der Waals surface area (Å²) in [5.74, 6) is 1.95. The van der Waals surface area contributed by atoms with Gasteiger partial charge in [0.15, 0.2) is 0 Å². The number of hydrogen-bond acceptors (Lipinski definition) is 1. The Morgan fingerprint density at radius 2 is 1.46 bits per heavy atom. The minimum absolute atomic E-state index is 0.947. The van der Waals surface area contributed by atoms with Crippen molar-refractivity contribution in [3.63, 3.8) is 0 Å². The van der Waals surface area contributed by atoms with Crippen LogP contribution in [0.5, 0.6) is 0 Å². The Morgan fingerprint density at radius 1 is 0.833 bits per heavy atom. The lowest BCUT2D eigenvalue weighted by Gasteiger charge is -2.23. The van der Waals surface area contributed by atoms with Crippen LogP contribution >= 0.6 is 0 Å². The Hall–Kier alpha value is -1.86. The van der Waals surface area contributed by atoms with E-state index in [-0.39, 0.29) is 0 Å². The average Bonchev–Trinajstić information content (AvgIpc) is 2.98. The van der Waals surface area contributed by atoms with Gasteiger partial charge in [-0.25, -0.2) is 0 Å². The van der Waals surface area contributed by atoms with Crippen LogP contribution in [0.25, 0.3) is 5.57 Å². The molecule has 0 aromatic heterocycles. The fraction of sp³-hybridized carbons (Fsp3) is 0.391. The molecule has 2 aliphatic rings. The molecule has 1 heterocycles. The first-order valence-electron chi connectivity index (χ1n) is 9.42. The van der Waals surface area contributed by atoms with Crippen molar-refractivity contribution in [3.8, 4) is 0 Å². The summed E-state index contributed by atoms with van der Waals surface area (Å²) in [6, 6.07) is 21.6. The fourth-order valence-electron chi connectivity index (χ4n) is 4.45. The lowest BCUT2D eigenvalue weighted by Crippen LogP contribution is -2.29. The second kappa shape index (κ2) is 7.36. The van der Waals surface area contributed by atoms with Crippen molar-refractivity contribution in [1.82, 2.24) is 4.90 Å². The normalized spacial score (nSPS) is 23.7. The first-order valence-corrected chi connectivity index (χ1v) is 9.42. The molecule has 24 heavy (non-hydrogen) atoms. The zero-order chi connectivity index (χ0) is 16.2. The molecule has 1 aliphatic heterocycles. The largest absolute Gasteiger partial charge is 0.299 e. The highest BCUT2D eigenvalue weighted by atomic mass is 15.1. The maximum Gasteiger partial charge on any atom is 0.0172 e. The van der Waals surface area contributed by atoms with Crippen LogP contribution in [0.15, 0.2) is 66.7 Å². The van der Waals surface area contributed by atoms with Crippen LogP contribution in [0.3, 0.4) is 0 Å². The third kappa shape index (κ3) is 3.62. The van der Waals surface area contributed by atoms with Gasteiger partial charge in [-0.3, -0.25) is 4.90 Å². The van der Waals surface area contributed by atoms with E-state index in [0.29, 0.717) is 0 Å². The third-order valence-corrected chi connectivity index (χ3v) is 5.74. The maximum atomic E-state index is 2.68. The van der Waals surface area contributed by atoms with Gasteiger partial charge in [0.05, 0.1) is 0 Å². The average molecular weight is 317 g/mol. The van der Waals surface area contributed by atoms with Crippen LogP contribution in [0, 0.1) is 11.8 Å². The molecule has 2 fully saturated rings. The van der Waals surface area contributed by atoms with Crippen LogP contribution < -0.4 is 0 Å². The number of hydrogen-bond donors (Lipinski definition) is 0. The molecule has 1 saturated heterocycles. The first kappa shape index (κ1) is 15.7. The van der Waals surface area contributed by atoms with E-state index in [1.54, 1.807) is 0 Å². The molecule has 4 rings (SSSR count). The Balaban J connectivity index is 1.56. The van der Waals surface area contributed by atoms with Gasteiger partial charge in [-0.05, 0) is 54.3 Å². The molecule has 1 nitrogen and oxygen atoms in total. The molecule has 2 aromatic rings.